The summed E-state index contributed by atoms with van der Waals surface area (Å²) in [5.41, 5.74) is 0.229. The van der Waals surface area contributed by atoms with Crippen molar-refractivity contribution in [2.24, 2.45) is 5.92 Å². The molecule has 1 atom stereocenters. The van der Waals surface area contributed by atoms with E-state index >= 15 is 0 Å². The predicted octanol–water partition coefficient (Wildman–Crippen LogP) is 1.56. The molecule has 0 aromatic rings. The van der Waals surface area contributed by atoms with E-state index in [9.17, 15) is 0 Å². The van der Waals surface area contributed by atoms with E-state index < -0.39 is 0 Å². The Labute approximate surface area is 74.7 Å². The van der Waals surface area contributed by atoms with Gasteiger partial charge < -0.3 is 10.1 Å². The standard InChI is InChI=1S/C10H19NO/c1-11-8-10(6-3-7-12-10)9-4-2-5-9/h9,11H,2-8H2,1H3. The number of rotatable bonds is 3. The molecule has 1 saturated heterocycles. The quantitative estimate of drug-likeness (QED) is 0.692. The van der Waals surface area contributed by atoms with E-state index in [2.05, 4.69) is 5.32 Å². The van der Waals surface area contributed by atoms with Crippen molar-refractivity contribution >= 4 is 0 Å². The largest absolute Gasteiger partial charge is 0.373 e. The second-order valence-corrected chi connectivity index (χ2v) is 4.17. The lowest BCUT2D eigenvalue weighted by atomic mass is 9.71. The molecule has 0 aromatic carbocycles. The monoisotopic (exact) mass is 169 g/mol. The van der Waals surface area contributed by atoms with Gasteiger partial charge in [0, 0.05) is 13.2 Å². The van der Waals surface area contributed by atoms with Crippen molar-refractivity contribution in [3.63, 3.8) is 0 Å². The fourth-order valence-corrected chi connectivity index (χ4v) is 2.56. The van der Waals surface area contributed by atoms with Crippen molar-refractivity contribution in [3.05, 3.63) is 0 Å². The zero-order valence-electron chi connectivity index (χ0n) is 7.94. The maximum atomic E-state index is 5.92. The first-order chi connectivity index (χ1) is 5.87. The Bertz CT molecular complexity index is 148. The molecular weight excluding hydrogens is 150 g/mol. The van der Waals surface area contributed by atoms with Gasteiger partial charge in [-0.15, -0.1) is 0 Å². The summed E-state index contributed by atoms with van der Waals surface area (Å²) in [6.45, 7) is 2.04. The third-order valence-electron chi connectivity index (χ3n) is 3.46. The van der Waals surface area contributed by atoms with Crippen molar-refractivity contribution in [1.82, 2.24) is 5.32 Å². The molecule has 1 saturated carbocycles. The van der Waals surface area contributed by atoms with Gasteiger partial charge in [0.15, 0.2) is 0 Å². The third-order valence-corrected chi connectivity index (χ3v) is 3.46. The third kappa shape index (κ3) is 1.27. The molecule has 70 valence electrons. The van der Waals surface area contributed by atoms with Gasteiger partial charge in [-0.05, 0) is 38.6 Å². The van der Waals surface area contributed by atoms with E-state index in [0.29, 0.717) is 0 Å². The molecule has 0 amide bonds. The lowest BCUT2D eigenvalue weighted by molar-refractivity contribution is -0.0673. The van der Waals surface area contributed by atoms with E-state index in [4.69, 9.17) is 4.74 Å². The second kappa shape index (κ2) is 3.35. The molecule has 1 N–H and O–H groups in total. The van der Waals surface area contributed by atoms with Gasteiger partial charge >= 0.3 is 0 Å². The highest BCUT2D eigenvalue weighted by atomic mass is 16.5. The topological polar surface area (TPSA) is 21.3 Å². The number of hydrogen-bond donors (Lipinski definition) is 1. The van der Waals surface area contributed by atoms with Gasteiger partial charge in [-0.1, -0.05) is 6.42 Å². The minimum absolute atomic E-state index is 0.229. The van der Waals surface area contributed by atoms with Crippen LogP contribution in [-0.2, 0) is 4.74 Å². The zero-order chi connectivity index (χ0) is 8.44. The molecule has 0 radical (unpaired) electrons. The number of ether oxygens (including phenoxy) is 1. The SMILES string of the molecule is CNCC1(C2CCC2)CCCO1. The summed E-state index contributed by atoms with van der Waals surface area (Å²) in [4.78, 5) is 0. The van der Waals surface area contributed by atoms with E-state index in [1.807, 2.05) is 7.05 Å². The molecule has 0 bridgehead atoms. The van der Waals surface area contributed by atoms with Crippen molar-refractivity contribution in [2.75, 3.05) is 20.2 Å². The van der Waals surface area contributed by atoms with E-state index in [0.717, 1.165) is 19.1 Å². The summed E-state index contributed by atoms with van der Waals surface area (Å²) < 4.78 is 5.92. The van der Waals surface area contributed by atoms with Crippen molar-refractivity contribution in [2.45, 2.75) is 37.7 Å². The fourth-order valence-electron chi connectivity index (χ4n) is 2.56. The Hall–Kier alpha value is -0.0800. The second-order valence-electron chi connectivity index (χ2n) is 4.17. The van der Waals surface area contributed by atoms with Gasteiger partial charge in [0.05, 0.1) is 5.60 Å². The Morgan fingerprint density at radius 2 is 2.25 bits per heavy atom. The number of nitrogens with one attached hydrogen (secondary N) is 1. The average Bonchev–Trinajstić information content (AvgIpc) is 2.34. The summed E-state index contributed by atoms with van der Waals surface area (Å²) in [6.07, 6.45) is 6.74. The van der Waals surface area contributed by atoms with Crippen LogP contribution in [0.15, 0.2) is 0 Å². The molecule has 12 heavy (non-hydrogen) atoms. The summed E-state index contributed by atoms with van der Waals surface area (Å²) in [7, 11) is 2.03. The Balaban J connectivity index is 1.99. The molecule has 2 nitrogen and oxygen atoms in total. The lowest BCUT2D eigenvalue weighted by Gasteiger charge is -2.42. The van der Waals surface area contributed by atoms with Crippen LogP contribution in [0.25, 0.3) is 0 Å². The van der Waals surface area contributed by atoms with Crippen LogP contribution >= 0.6 is 0 Å². The fraction of sp³-hybridized carbons (Fsp3) is 1.00. The molecule has 0 aromatic heterocycles. The molecule has 1 aliphatic heterocycles. The van der Waals surface area contributed by atoms with Gasteiger partial charge in [-0.3, -0.25) is 0 Å². The van der Waals surface area contributed by atoms with Gasteiger partial charge in [0.25, 0.3) is 0 Å². The maximum Gasteiger partial charge on any atom is 0.0834 e. The number of hydrogen-bond acceptors (Lipinski definition) is 2. The Morgan fingerprint density at radius 1 is 1.42 bits per heavy atom. The van der Waals surface area contributed by atoms with Gasteiger partial charge in [0.1, 0.15) is 0 Å². The van der Waals surface area contributed by atoms with Crippen molar-refractivity contribution in [1.29, 1.82) is 0 Å². The predicted molar refractivity (Wildman–Crippen MR) is 49.2 cm³/mol. The van der Waals surface area contributed by atoms with Gasteiger partial charge in [-0.2, -0.15) is 0 Å². The summed E-state index contributed by atoms with van der Waals surface area (Å²) >= 11 is 0. The zero-order valence-corrected chi connectivity index (χ0v) is 7.94. The minimum atomic E-state index is 0.229. The first kappa shape index (κ1) is 8.52. The molecule has 2 rings (SSSR count). The van der Waals surface area contributed by atoms with Gasteiger partial charge in [-0.25, -0.2) is 0 Å². The molecular formula is C10H19NO. The molecule has 0 spiro atoms. The maximum absolute atomic E-state index is 5.92. The van der Waals surface area contributed by atoms with Crippen LogP contribution in [0.3, 0.4) is 0 Å². The van der Waals surface area contributed by atoms with E-state index in [-0.39, 0.29) is 5.60 Å². The summed E-state index contributed by atoms with van der Waals surface area (Å²) in [5, 5.41) is 3.27. The molecule has 2 heteroatoms. The number of likely N-dealkylation sites (N-methyl/N-ethyl adjacent to an activating group) is 1. The molecule has 1 aliphatic carbocycles. The Kier molecular flexibility index (Phi) is 2.37. The van der Waals surface area contributed by atoms with Crippen molar-refractivity contribution in [3.8, 4) is 0 Å². The van der Waals surface area contributed by atoms with E-state index in [1.165, 1.54) is 32.1 Å². The Morgan fingerprint density at radius 3 is 2.67 bits per heavy atom. The first-order valence-electron chi connectivity index (χ1n) is 5.16. The highest BCUT2D eigenvalue weighted by molar-refractivity contribution is 4.96. The van der Waals surface area contributed by atoms with Crippen LogP contribution in [0, 0.1) is 5.92 Å². The van der Waals surface area contributed by atoms with Crippen LogP contribution in [0.1, 0.15) is 32.1 Å². The normalized spacial score (nSPS) is 36.8. The first-order valence-corrected chi connectivity index (χ1v) is 5.16. The lowest BCUT2D eigenvalue weighted by Crippen LogP contribution is -2.48. The van der Waals surface area contributed by atoms with Crippen LogP contribution in [0.2, 0.25) is 0 Å². The molecule has 1 heterocycles. The average molecular weight is 169 g/mol. The van der Waals surface area contributed by atoms with Crippen LogP contribution < -0.4 is 5.32 Å². The van der Waals surface area contributed by atoms with Crippen molar-refractivity contribution < 1.29 is 4.74 Å². The van der Waals surface area contributed by atoms with E-state index in [1.54, 1.807) is 0 Å². The summed E-state index contributed by atoms with van der Waals surface area (Å²) in [6, 6.07) is 0. The van der Waals surface area contributed by atoms with Crippen LogP contribution in [-0.4, -0.2) is 25.8 Å². The summed E-state index contributed by atoms with van der Waals surface area (Å²) in [5.74, 6) is 0.854. The smallest absolute Gasteiger partial charge is 0.0834 e. The minimum Gasteiger partial charge on any atom is -0.373 e. The van der Waals surface area contributed by atoms with Crippen LogP contribution in [0.4, 0.5) is 0 Å². The molecule has 1 unspecified atom stereocenters. The van der Waals surface area contributed by atoms with Gasteiger partial charge in [0.2, 0.25) is 0 Å². The highest BCUT2D eigenvalue weighted by Gasteiger charge is 2.44. The molecule has 2 fully saturated rings. The van der Waals surface area contributed by atoms with Crippen LogP contribution in [0.5, 0.6) is 0 Å². The molecule has 2 aliphatic rings. The highest BCUT2D eigenvalue weighted by Crippen LogP contribution is 2.43.